The fourth-order valence-electron chi connectivity index (χ4n) is 4.63. The van der Waals surface area contributed by atoms with E-state index in [-0.39, 0.29) is 35.7 Å². The minimum Gasteiger partial charge on any atom is -0.508 e. The predicted molar refractivity (Wildman–Crippen MR) is 111 cm³/mol. The number of phenols is 1. The Kier molecular flexibility index (Phi) is 5.58. The molecule has 2 aromatic carbocycles. The molecule has 0 bridgehead atoms. The highest BCUT2D eigenvalue weighted by molar-refractivity contribution is 5.86. The first-order valence-electron chi connectivity index (χ1n) is 10.2. The molecule has 2 aliphatic heterocycles. The molecule has 6 heteroatoms. The first kappa shape index (κ1) is 19.9. The Balaban J connectivity index is 1.74. The van der Waals surface area contributed by atoms with Crippen LogP contribution in [0.5, 0.6) is 5.75 Å². The number of hydrazine groups is 1. The van der Waals surface area contributed by atoms with Gasteiger partial charge in [-0.1, -0.05) is 56.3 Å². The lowest BCUT2D eigenvalue weighted by molar-refractivity contribution is -0.131. The molecule has 0 aliphatic carbocycles. The second-order valence-electron chi connectivity index (χ2n) is 8.17. The highest BCUT2D eigenvalue weighted by Gasteiger charge is 2.55. The monoisotopic (exact) mass is 395 g/mol. The zero-order chi connectivity index (χ0) is 20.5. The first-order chi connectivity index (χ1) is 14.0. The van der Waals surface area contributed by atoms with Gasteiger partial charge in [0.15, 0.2) is 0 Å². The maximum Gasteiger partial charge on any atom is 0.242 e. The summed E-state index contributed by atoms with van der Waals surface area (Å²) >= 11 is 0. The highest BCUT2D eigenvalue weighted by atomic mass is 16.5. The van der Waals surface area contributed by atoms with Crippen LogP contribution >= 0.6 is 0 Å². The number of phenolic OH excluding ortho intramolecular Hbond substituents is 1. The lowest BCUT2D eigenvalue weighted by Gasteiger charge is -2.31. The van der Waals surface area contributed by atoms with Gasteiger partial charge in [0.1, 0.15) is 11.8 Å². The van der Waals surface area contributed by atoms with E-state index < -0.39 is 0 Å². The van der Waals surface area contributed by atoms with Gasteiger partial charge >= 0.3 is 0 Å². The molecule has 3 N–H and O–H groups in total. The van der Waals surface area contributed by atoms with Crippen molar-refractivity contribution in [1.82, 2.24) is 15.8 Å². The van der Waals surface area contributed by atoms with Crippen molar-refractivity contribution < 1.29 is 14.6 Å². The van der Waals surface area contributed by atoms with Crippen molar-refractivity contribution in [2.75, 3.05) is 20.3 Å². The third-order valence-electron chi connectivity index (χ3n) is 6.17. The normalized spacial score (nSPS) is 26.3. The Bertz CT molecular complexity index is 868. The van der Waals surface area contributed by atoms with Crippen molar-refractivity contribution in [2.24, 2.45) is 5.92 Å². The highest BCUT2D eigenvalue weighted by Crippen LogP contribution is 2.48. The second-order valence-corrected chi connectivity index (χ2v) is 8.17. The third-order valence-corrected chi connectivity index (χ3v) is 6.17. The Morgan fingerprint density at radius 3 is 2.41 bits per heavy atom. The van der Waals surface area contributed by atoms with Crippen molar-refractivity contribution in [3.8, 4) is 5.75 Å². The smallest absolute Gasteiger partial charge is 0.242 e. The number of carbonyl (C=O) groups is 1. The molecule has 1 amide bonds. The van der Waals surface area contributed by atoms with Crippen LogP contribution in [0.25, 0.3) is 0 Å². The molecule has 2 heterocycles. The molecule has 4 atom stereocenters. The molecule has 0 spiro atoms. The molecular weight excluding hydrogens is 366 g/mol. The fourth-order valence-corrected chi connectivity index (χ4v) is 4.63. The van der Waals surface area contributed by atoms with Gasteiger partial charge in [0, 0.05) is 25.1 Å². The lowest BCUT2D eigenvalue weighted by Crippen LogP contribution is -2.42. The number of nitrogens with zero attached hydrogens (tertiary/aromatic N) is 1. The van der Waals surface area contributed by atoms with Crippen LogP contribution in [-0.2, 0) is 9.53 Å². The van der Waals surface area contributed by atoms with Crippen LogP contribution in [0.15, 0.2) is 48.5 Å². The SMILES string of the molecule is COCCN1C(=O)C2NNC(c3ccccc3O)C2C1c1ccc(C(C)C)cc1. The number of nitrogens with one attached hydrogen (secondary N) is 2. The van der Waals surface area contributed by atoms with Crippen LogP contribution in [-0.4, -0.2) is 42.2 Å². The summed E-state index contributed by atoms with van der Waals surface area (Å²) in [6.07, 6.45) is 0. The summed E-state index contributed by atoms with van der Waals surface area (Å²) in [7, 11) is 1.65. The maximum absolute atomic E-state index is 13.2. The Morgan fingerprint density at radius 2 is 1.76 bits per heavy atom. The van der Waals surface area contributed by atoms with Crippen molar-refractivity contribution in [3.05, 3.63) is 65.2 Å². The molecular formula is C23H29N3O3. The molecule has 4 unspecified atom stereocenters. The lowest BCUT2D eigenvalue weighted by atomic mass is 9.82. The van der Waals surface area contributed by atoms with Crippen LogP contribution in [0.1, 0.15) is 48.5 Å². The molecule has 2 fully saturated rings. The van der Waals surface area contributed by atoms with E-state index in [0.717, 1.165) is 11.1 Å². The molecule has 0 saturated carbocycles. The standard InChI is InChI=1S/C23H29N3O3/c1-14(2)15-8-10-16(11-9-15)22-19-20(17-6-4-5-7-18(17)27)24-25-21(19)23(28)26(22)12-13-29-3/h4-11,14,19-22,24-25,27H,12-13H2,1-3H3. The van der Waals surface area contributed by atoms with Crippen LogP contribution in [0.2, 0.25) is 0 Å². The quantitative estimate of drug-likeness (QED) is 0.701. The van der Waals surface area contributed by atoms with E-state index in [4.69, 9.17) is 4.74 Å². The summed E-state index contributed by atoms with van der Waals surface area (Å²) in [5.41, 5.74) is 9.64. The van der Waals surface area contributed by atoms with Crippen LogP contribution in [0.3, 0.4) is 0 Å². The summed E-state index contributed by atoms with van der Waals surface area (Å²) in [4.78, 5) is 15.1. The Morgan fingerprint density at radius 1 is 1.07 bits per heavy atom. The van der Waals surface area contributed by atoms with E-state index in [1.807, 2.05) is 23.1 Å². The van der Waals surface area contributed by atoms with Gasteiger partial charge in [0.2, 0.25) is 5.91 Å². The van der Waals surface area contributed by atoms with Crippen molar-refractivity contribution in [2.45, 2.75) is 37.9 Å². The van der Waals surface area contributed by atoms with Crippen molar-refractivity contribution >= 4 is 5.91 Å². The number of fused-ring (bicyclic) bond motifs is 1. The van der Waals surface area contributed by atoms with Crippen LogP contribution in [0.4, 0.5) is 0 Å². The number of aromatic hydroxyl groups is 1. The molecule has 2 saturated heterocycles. The van der Waals surface area contributed by atoms with Crippen LogP contribution < -0.4 is 10.9 Å². The summed E-state index contributed by atoms with van der Waals surface area (Å²) in [6.45, 7) is 5.37. The number of ether oxygens (including phenoxy) is 1. The van der Waals surface area contributed by atoms with Crippen LogP contribution in [0, 0.1) is 5.92 Å². The summed E-state index contributed by atoms with van der Waals surface area (Å²) in [5.74, 6) is 0.715. The number of methoxy groups -OCH3 is 1. The number of hydrogen-bond acceptors (Lipinski definition) is 5. The van der Waals surface area contributed by atoms with Crippen molar-refractivity contribution in [1.29, 1.82) is 0 Å². The molecule has 6 nitrogen and oxygen atoms in total. The van der Waals surface area contributed by atoms with Gasteiger partial charge in [-0.3, -0.25) is 4.79 Å². The van der Waals surface area contributed by atoms with Crippen molar-refractivity contribution in [3.63, 3.8) is 0 Å². The average molecular weight is 396 g/mol. The van der Waals surface area contributed by atoms with Gasteiger partial charge in [-0.25, -0.2) is 10.9 Å². The van der Waals surface area contributed by atoms with E-state index >= 15 is 0 Å². The number of benzene rings is 2. The van der Waals surface area contributed by atoms with E-state index in [9.17, 15) is 9.90 Å². The summed E-state index contributed by atoms with van der Waals surface area (Å²) in [6, 6.07) is 15.3. The molecule has 29 heavy (non-hydrogen) atoms. The largest absolute Gasteiger partial charge is 0.508 e. The van der Waals surface area contributed by atoms with Gasteiger partial charge in [-0.2, -0.15) is 0 Å². The molecule has 2 aromatic rings. The second kappa shape index (κ2) is 8.14. The van der Waals surface area contributed by atoms with E-state index in [1.165, 1.54) is 5.56 Å². The van der Waals surface area contributed by atoms with Gasteiger partial charge in [0.25, 0.3) is 0 Å². The zero-order valence-corrected chi connectivity index (χ0v) is 17.1. The maximum atomic E-state index is 13.2. The van der Waals surface area contributed by atoms with Gasteiger partial charge in [-0.15, -0.1) is 0 Å². The minimum absolute atomic E-state index is 0.0439. The third kappa shape index (κ3) is 3.52. The summed E-state index contributed by atoms with van der Waals surface area (Å²) < 4.78 is 5.27. The minimum atomic E-state index is -0.341. The Labute approximate surface area is 171 Å². The molecule has 4 rings (SSSR count). The zero-order valence-electron chi connectivity index (χ0n) is 17.1. The average Bonchev–Trinajstić information content (AvgIpc) is 3.26. The van der Waals surface area contributed by atoms with E-state index in [2.05, 4.69) is 49.0 Å². The van der Waals surface area contributed by atoms with E-state index in [1.54, 1.807) is 13.2 Å². The Hall–Kier alpha value is -2.41. The fraction of sp³-hybridized carbons (Fsp3) is 0.435. The summed E-state index contributed by atoms with van der Waals surface area (Å²) in [5, 5.41) is 10.4. The number of para-hydroxylation sites is 1. The number of amides is 1. The topological polar surface area (TPSA) is 73.8 Å². The molecule has 154 valence electrons. The molecule has 0 radical (unpaired) electrons. The molecule has 0 aromatic heterocycles. The van der Waals surface area contributed by atoms with E-state index in [0.29, 0.717) is 19.1 Å². The number of carbonyl (C=O) groups excluding carboxylic acids is 1. The van der Waals surface area contributed by atoms with Gasteiger partial charge in [-0.05, 0) is 23.1 Å². The van der Waals surface area contributed by atoms with Gasteiger partial charge < -0.3 is 14.7 Å². The number of hydrogen-bond donors (Lipinski definition) is 3. The molecule has 2 aliphatic rings. The first-order valence-corrected chi connectivity index (χ1v) is 10.2. The predicted octanol–water partition coefficient (Wildman–Crippen LogP) is 2.88. The van der Waals surface area contributed by atoms with Gasteiger partial charge in [0.05, 0.1) is 18.7 Å². The number of rotatable bonds is 6. The number of likely N-dealkylation sites (tertiary alicyclic amines) is 1.